The number of alkyl halides is 3. The highest BCUT2D eigenvalue weighted by atomic mass is 35.5. The third-order valence-electron chi connectivity index (χ3n) is 7.84. The molecule has 13 nitrogen and oxygen atoms in total. The second-order valence-corrected chi connectivity index (χ2v) is 13.5. The highest BCUT2D eigenvalue weighted by Crippen LogP contribution is 2.33. The van der Waals surface area contributed by atoms with E-state index in [1.54, 1.807) is 18.2 Å². The zero-order valence-corrected chi connectivity index (χ0v) is 26.6. The van der Waals surface area contributed by atoms with Crippen molar-refractivity contribution < 1.29 is 26.7 Å². The first kappa shape index (κ1) is 32.5. The van der Waals surface area contributed by atoms with E-state index in [-0.39, 0.29) is 17.5 Å². The van der Waals surface area contributed by atoms with E-state index in [0.717, 1.165) is 13.0 Å². The number of anilines is 2. The zero-order valence-electron chi connectivity index (χ0n) is 25.1. The standard InChI is InChI=1S/C27H38ClF2N9O4S/c1-35(2)10-5-11-38(19-8-12-37(13-9-19)44(40,41)18-28)26-32-25(36-14-16-43-17-15-36)33-27(34-26)39-20-6-4-7-21(42-3)22(20)31-24(39)23(29)30/h4,6-7,19,23H,5,8-18H2,1-3H3. The van der Waals surface area contributed by atoms with Crippen LogP contribution >= 0.6 is 11.6 Å². The van der Waals surface area contributed by atoms with E-state index in [9.17, 15) is 17.2 Å². The number of sulfonamides is 1. The molecule has 0 radical (unpaired) electrons. The van der Waals surface area contributed by atoms with E-state index < -0.39 is 27.5 Å². The van der Waals surface area contributed by atoms with Gasteiger partial charge in [0, 0.05) is 38.8 Å². The van der Waals surface area contributed by atoms with Gasteiger partial charge in [-0.2, -0.15) is 15.0 Å². The van der Waals surface area contributed by atoms with Crippen LogP contribution in [-0.2, 0) is 14.8 Å². The minimum atomic E-state index is -3.54. The number of hydrogen-bond donors (Lipinski definition) is 0. The Morgan fingerprint density at radius 1 is 1.05 bits per heavy atom. The molecule has 0 N–H and O–H groups in total. The molecule has 2 aliphatic heterocycles. The molecule has 5 rings (SSSR count). The van der Waals surface area contributed by atoms with Gasteiger partial charge in [0.05, 0.1) is 25.8 Å². The normalized spacial score (nSPS) is 17.2. The lowest BCUT2D eigenvalue weighted by molar-refractivity contribution is 0.122. The van der Waals surface area contributed by atoms with E-state index in [2.05, 4.69) is 14.8 Å². The second kappa shape index (κ2) is 14.0. The molecule has 2 aliphatic rings. The molecule has 2 aromatic heterocycles. The zero-order chi connectivity index (χ0) is 31.4. The average Bonchev–Trinajstić information content (AvgIpc) is 3.44. The van der Waals surface area contributed by atoms with Crippen LogP contribution in [0.2, 0.25) is 0 Å². The second-order valence-electron chi connectivity index (χ2n) is 11.0. The van der Waals surface area contributed by atoms with Crippen LogP contribution in [-0.4, -0.2) is 127 Å². The Morgan fingerprint density at radius 3 is 2.39 bits per heavy atom. The summed E-state index contributed by atoms with van der Waals surface area (Å²) in [6.45, 7) is 3.98. The number of halogens is 3. The molecule has 0 atom stereocenters. The van der Waals surface area contributed by atoms with Gasteiger partial charge in [-0.1, -0.05) is 6.07 Å². The molecular formula is C27H38ClF2N9O4S. The lowest BCUT2D eigenvalue weighted by Crippen LogP contribution is -2.48. The van der Waals surface area contributed by atoms with Gasteiger partial charge in [0.1, 0.15) is 16.5 Å². The number of nitrogens with zero attached hydrogens (tertiary/aromatic N) is 9. The van der Waals surface area contributed by atoms with Crippen LogP contribution in [0.1, 0.15) is 31.5 Å². The Bertz CT molecular complexity index is 1530. The highest BCUT2D eigenvalue weighted by Gasteiger charge is 2.33. The molecule has 0 saturated carbocycles. The van der Waals surface area contributed by atoms with Crippen molar-refractivity contribution in [3.05, 3.63) is 24.0 Å². The molecule has 242 valence electrons. The van der Waals surface area contributed by atoms with Crippen molar-refractivity contribution in [2.75, 3.05) is 88.7 Å². The average molecular weight is 658 g/mol. The fourth-order valence-corrected chi connectivity index (χ4v) is 6.91. The first-order valence-corrected chi connectivity index (χ1v) is 16.6. The van der Waals surface area contributed by atoms with Crippen LogP contribution in [0, 0.1) is 0 Å². The predicted molar refractivity (Wildman–Crippen MR) is 164 cm³/mol. The van der Waals surface area contributed by atoms with E-state index in [4.69, 9.17) is 36.0 Å². The summed E-state index contributed by atoms with van der Waals surface area (Å²) < 4.78 is 67.5. The van der Waals surface area contributed by atoms with Crippen LogP contribution in [0.4, 0.5) is 20.7 Å². The number of ether oxygens (including phenoxy) is 2. The number of benzene rings is 1. The number of rotatable bonds is 12. The summed E-state index contributed by atoms with van der Waals surface area (Å²) in [5.41, 5.74) is 0.652. The molecule has 0 bridgehead atoms. The Morgan fingerprint density at radius 2 is 1.75 bits per heavy atom. The Kier molecular flexibility index (Phi) is 10.3. The van der Waals surface area contributed by atoms with Crippen molar-refractivity contribution in [2.45, 2.75) is 31.7 Å². The van der Waals surface area contributed by atoms with Gasteiger partial charge in [-0.15, -0.1) is 11.6 Å². The van der Waals surface area contributed by atoms with Gasteiger partial charge in [-0.3, -0.25) is 4.57 Å². The molecule has 2 saturated heterocycles. The van der Waals surface area contributed by atoms with Crippen molar-refractivity contribution in [2.24, 2.45) is 0 Å². The summed E-state index contributed by atoms with van der Waals surface area (Å²) in [6.07, 6.45) is -1.09. The van der Waals surface area contributed by atoms with Gasteiger partial charge in [0.15, 0.2) is 5.82 Å². The maximum absolute atomic E-state index is 14.5. The van der Waals surface area contributed by atoms with E-state index in [1.165, 1.54) is 16.0 Å². The molecule has 0 unspecified atom stereocenters. The third-order valence-corrected chi connectivity index (χ3v) is 10.1. The molecule has 0 aliphatic carbocycles. The topological polar surface area (TPSA) is 122 Å². The molecule has 3 aromatic rings. The van der Waals surface area contributed by atoms with Crippen molar-refractivity contribution in [1.82, 2.24) is 33.7 Å². The third kappa shape index (κ3) is 6.98. The molecule has 0 spiro atoms. The molecule has 1 aromatic carbocycles. The van der Waals surface area contributed by atoms with Gasteiger partial charge in [0.25, 0.3) is 6.43 Å². The van der Waals surface area contributed by atoms with Crippen molar-refractivity contribution >= 4 is 44.6 Å². The van der Waals surface area contributed by atoms with E-state index in [1.807, 2.05) is 19.0 Å². The summed E-state index contributed by atoms with van der Waals surface area (Å²) in [7, 11) is 1.90. The summed E-state index contributed by atoms with van der Waals surface area (Å²) >= 11 is 5.72. The summed E-state index contributed by atoms with van der Waals surface area (Å²) in [6, 6.07) is 4.95. The van der Waals surface area contributed by atoms with Gasteiger partial charge in [-0.25, -0.2) is 26.5 Å². The number of methoxy groups -OCH3 is 1. The molecule has 44 heavy (non-hydrogen) atoms. The summed E-state index contributed by atoms with van der Waals surface area (Å²) in [5.74, 6) is 0.544. The predicted octanol–water partition coefficient (Wildman–Crippen LogP) is 2.74. The van der Waals surface area contributed by atoms with Gasteiger partial charge >= 0.3 is 0 Å². The first-order chi connectivity index (χ1) is 21.1. The van der Waals surface area contributed by atoms with Gasteiger partial charge in [-0.05, 0) is 52.0 Å². The van der Waals surface area contributed by atoms with Gasteiger partial charge in [0.2, 0.25) is 27.9 Å². The number of hydrogen-bond acceptors (Lipinski definition) is 11. The highest BCUT2D eigenvalue weighted by molar-refractivity contribution is 7.90. The largest absolute Gasteiger partial charge is 0.494 e. The number of imidazole rings is 1. The molecule has 4 heterocycles. The minimum Gasteiger partial charge on any atom is -0.494 e. The quantitative estimate of drug-likeness (QED) is 0.267. The SMILES string of the molecule is COc1cccc2c1nc(C(F)F)n2-c1nc(N2CCOCC2)nc(N(CCCN(C)C)C2CCN(S(=O)(=O)CCl)CC2)n1. The fourth-order valence-electron chi connectivity index (χ4n) is 5.59. The Labute approximate surface area is 260 Å². The van der Waals surface area contributed by atoms with E-state index in [0.29, 0.717) is 81.9 Å². The summed E-state index contributed by atoms with van der Waals surface area (Å²) in [5, 5.41) is -0.472. The number of morpholine rings is 1. The van der Waals surface area contributed by atoms with E-state index >= 15 is 0 Å². The van der Waals surface area contributed by atoms with Crippen molar-refractivity contribution in [1.29, 1.82) is 0 Å². The van der Waals surface area contributed by atoms with Crippen LogP contribution < -0.4 is 14.5 Å². The number of fused-ring (bicyclic) bond motifs is 1. The van der Waals surface area contributed by atoms with Gasteiger partial charge < -0.3 is 24.2 Å². The number of para-hydroxylation sites is 1. The number of aromatic nitrogens is 5. The van der Waals surface area contributed by atoms with Crippen LogP contribution in [0.5, 0.6) is 5.75 Å². The van der Waals surface area contributed by atoms with Crippen molar-refractivity contribution in [3.8, 4) is 11.7 Å². The summed E-state index contributed by atoms with van der Waals surface area (Å²) in [4.78, 5) is 24.7. The smallest absolute Gasteiger partial charge is 0.296 e. The molecule has 0 amide bonds. The number of piperidine rings is 1. The molecule has 2 fully saturated rings. The van der Waals surface area contributed by atoms with Crippen molar-refractivity contribution in [3.63, 3.8) is 0 Å². The van der Waals surface area contributed by atoms with Crippen LogP contribution in [0.25, 0.3) is 17.0 Å². The Balaban J connectivity index is 1.62. The minimum absolute atomic E-state index is 0.0160. The maximum Gasteiger partial charge on any atom is 0.296 e. The molecule has 17 heteroatoms. The van der Waals surface area contributed by atoms with Crippen LogP contribution in [0.15, 0.2) is 18.2 Å². The van der Waals surface area contributed by atoms with Crippen LogP contribution in [0.3, 0.4) is 0 Å². The maximum atomic E-state index is 14.5. The first-order valence-electron chi connectivity index (χ1n) is 14.5. The lowest BCUT2D eigenvalue weighted by Gasteiger charge is -2.38. The molecular weight excluding hydrogens is 620 g/mol. The Hall–Kier alpha value is -2.92. The lowest BCUT2D eigenvalue weighted by atomic mass is 10.0. The fraction of sp³-hybridized carbons (Fsp3) is 0.630. The monoisotopic (exact) mass is 657 g/mol.